The zero-order valence-corrected chi connectivity index (χ0v) is 19.7. The van der Waals surface area contributed by atoms with Crippen LogP contribution in [0.15, 0.2) is 54.7 Å². The first-order valence-corrected chi connectivity index (χ1v) is 11.5. The second-order valence-corrected chi connectivity index (χ2v) is 8.51. The van der Waals surface area contributed by atoms with E-state index in [4.69, 9.17) is 20.2 Å². The highest BCUT2D eigenvalue weighted by Crippen LogP contribution is 2.34. The van der Waals surface area contributed by atoms with Crippen LogP contribution in [0, 0.1) is 11.8 Å². The Labute approximate surface area is 203 Å². The largest absolute Gasteiger partial charge is 0.497 e. The summed E-state index contributed by atoms with van der Waals surface area (Å²) < 4.78 is 12.8. The van der Waals surface area contributed by atoms with Gasteiger partial charge in [-0.15, -0.1) is 5.92 Å². The third-order valence-electron chi connectivity index (χ3n) is 6.33. The van der Waals surface area contributed by atoms with E-state index in [1.54, 1.807) is 11.6 Å². The third-order valence-corrected chi connectivity index (χ3v) is 6.33. The molecule has 0 bridgehead atoms. The Hall–Kier alpha value is -4.22. The second-order valence-electron chi connectivity index (χ2n) is 8.51. The van der Waals surface area contributed by atoms with Gasteiger partial charge >= 0.3 is 0 Å². The van der Waals surface area contributed by atoms with Crippen molar-refractivity contribution in [2.75, 3.05) is 26.7 Å². The first-order chi connectivity index (χ1) is 17.1. The Morgan fingerprint density at radius 1 is 1.14 bits per heavy atom. The third kappa shape index (κ3) is 4.46. The molecule has 1 amide bonds. The van der Waals surface area contributed by atoms with Crippen LogP contribution >= 0.6 is 0 Å². The van der Waals surface area contributed by atoms with Gasteiger partial charge < -0.3 is 15.2 Å². The van der Waals surface area contributed by atoms with Crippen molar-refractivity contribution in [1.29, 1.82) is 0 Å². The fraction of sp³-hybridized carbons (Fsp3) is 0.259. The topological polar surface area (TPSA) is 97.9 Å². The highest BCUT2D eigenvalue weighted by molar-refractivity contribution is 5.98. The molecule has 1 aliphatic heterocycles. The standard InChI is InChI=1S/C27H27N5O3/c1-3-4-14-31-15-13-19(17-31)23-16-29-32-25(26(28)33)24(30-27(23)32)18-5-7-21(8-6-18)35-22-11-9-20(34-2)10-12-22/h5-12,16,19,29H,13-15,17H2,1-2H3,(H2,28,33). The maximum atomic E-state index is 12.4. The lowest BCUT2D eigenvalue weighted by atomic mass is 10.0. The Kier molecular flexibility index (Phi) is 6.17. The molecule has 0 radical (unpaired) electrons. The van der Waals surface area contributed by atoms with E-state index < -0.39 is 5.91 Å². The summed E-state index contributed by atoms with van der Waals surface area (Å²) in [5.41, 5.74) is 9.28. The van der Waals surface area contributed by atoms with Crippen LogP contribution in [0.5, 0.6) is 17.2 Å². The number of hydrogen-bond acceptors (Lipinski definition) is 5. The molecule has 1 unspecified atom stereocenters. The van der Waals surface area contributed by atoms with Crippen molar-refractivity contribution in [2.24, 2.45) is 5.73 Å². The minimum Gasteiger partial charge on any atom is -0.497 e. The molecule has 1 saturated heterocycles. The number of carbonyl (C=O) groups excluding carboxylic acids is 1. The van der Waals surface area contributed by atoms with Gasteiger partial charge in [-0.05, 0) is 68.4 Å². The van der Waals surface area contributed by atoms with Crippen molar-refractivity contribution < 1.29 is 14.3 Å². The van der Waals surface area contributed by atoms with Crippen molar-refractivity contribution >= 4 is 11.6 Å². The highest BCUT2D eigenvalue weighted by Gasteiger charge is 2.29. The monoisotopic (exact) mass is 469 g/mol. The molecule has 3 heterocycles. The maximum Gasteiger partial charge on any atom is 0.269 e. The first kappa shape index (κ1) is 22.6. The number of primary amides is 1. The van der Waals surface area contributed by atoms with Crippen molar-refractivity contribution in [2.45, 2.75) is 19.3 Å². The summed E-state index contributed by atoms with van der Waals surface area (Å²) >= 11 is 0. The van der Waals surface area contributed by atoms with Gasteiger partial charge in [0.1, 0.15) is 22.9 Å². The fourth-order valence-corrected chi connectivity index (χ4v) is 4.55. The van der Waals surface area contributed by atoms with E-state index in [1.165, 1.54) is 0 Å². The van der Waals surface area contributed by atoms with E-state index in [2.05, 4.69) is 21.8 Å². The summed E-state index contributed by atoms with van der Waals surface area (Å²) in [5.74, 6) is 8.02. The van der Waals surface area contributed by atoms with E-state index in [1.807, 2.05) is 61.7 Å². The average Bonchev–Trinajstić information content (AvgIpc) is 3.59. The van der Waals surface area contributed by atoms with E-state index in [0.29, 0.717) is 28.8 Å². The smallest absolute Gasteiger partial charge is 0.269 e. The van der Waals surface area contributed by atoms with Crippen molar-refractivity contribution in [3.63, 3.8) is 0 Å². The highest BCUT2D eigenvalue weighted by atomic mass is 16.5. The van der Waals surface area contributed by atoms with Crippen molar-refractivity contribution in [1.82, 2.24) is 19.5 Å². The number of fused-ring (bicyclic) bond motifs is 1. The molecule has 2 aromatic carbocycles. The molecule has 0 saturated carbocycles. The molecular formula is C27H27N5O3. The van der Waals surface area contributed by atoms with Gasteiger partial charge in [-0.25, -0.2) is 9.50 Å². The van der Waals surface area contributed by atoms with Crippen molar-refractivity contribution in [3.8, 4) is 40.3 Å². The molecule has 3 N–H and O–H groups in total. The van der Waals surface area contributed by atoms with Gasteiger partial charge in [0.25, 0.3) is 5.91 Å². The molecule has 178 valence electrons. The summed E-state index contributed by atoms with van der Waals surface area (Å²) in [6, 6.07) is 14.8. The lowest BCUT2D eigenvalue weighted by Crippen LogP contribution is -2.20. The molecule has 4 aromatic rings. The number of likely N-dealkylation sites (tertiary alicyclic amines) is 1. The lowest BCUT2D eigenvalue weighted by molar-refractivity contribution is 0.0994. The van der Waals surface area contributed by atoms with Gasteiger partial charge in [0.15, 0.2) is 11.3 Å². The molecule has 0 spiro atoms. The van der Waals surface area contributed by atoms with Crippen LogP contribution in [0.25, 0.3) is 16.9 Å². The Morgan fingerprint density at radius 2 is 1.83 bits per heavy atom. The van der Waals surface area contributed by atoms with Crippen LogP contribution < -0.4 is 15.2 Å². The van der Waals surface area contributed by atoms with E-state index in [9.17, 15) is 4.79 Å². The Balaban J connectivity index is 1.42. The number of benzene rings is 2. The van der Waals surface area contributed by atoms with Crippen LogP contribution in [0.4, 0.5) is 0 Å². The number of carbonyl (C=O) groups is 1. The molecule has 1 fully saturated rings. The summed E-state index contributed by atoms with van der Waals surface area (Å²) in [5, 5.41) is 3.19. The van der Waals surface area contributed by atoms with Crippen LogP contribution in [0.1, 0.15) is 35.3 Å². The van der Waals surface area contributed by atoms with Gasteiger partial charge in [0.05, 0.1) is 13.7 Å². The van der Waals surface area contributed by atoms with Crippen molar-refractivity contribution in [3.05, 3.63) is 66.0 Å². The minimum absolute atomic E-state index is 0.318. The SMILES string of the molecule is CC#CCN1CCC(c2c[nH]n3c(C(N)=O)c(-c4ccc(Oc5ccc(OC)cc5)cc4)nc23)C1. The number of nitrogens with two attached hydrogens (primary N) is 1. The number of ether oxygens (including phenoxy) is 2. The maximum absolute atomic E-state index is 12.4. The number of imidazole rings is 1. The lowest BCUT2D eigenvalue weighted by Gasteiger charge is -2.11. The van der Waals surface area contributed by atoms with Gasteiger partial charge in [0, 0.05) is 29.8 Å². The Bertz CT molecular complexity index is 1410. The van der Waals surface area contributed by atoms with Crippen LogP contribution in [0.3, 0.4) is 0 Å². The Morgan fingerprint density at radius 3 is 2.49 bits per heavy atom. The minimum atomic E-state index is -0.536. The van der Waals surface area contributed by atoms with Gasteiger partial charge in [-0.2, -0.15) is 0 Å². The van der Waals surface area contributed by atoms with Crippen LogP contribution in [-0.4, -0.2) is 52.1 Å². The number of nitrogens with one attached hydrogen (secondary N) is 1. The molecule has 0 aliphatic carbocycles. The number of nitrogens with zero attached hydrogens (tertiary/aromatic N) is 3. The number of amides is 1. The predicted octanol–water partition coefficient (Wildman–Crippen LogP) is 4.04. The summed E-state index contributed by atoms with van der Waals surface area (Å²) in [6.07, 6.45) is 2.95. The number of aromatic nitrogens is 3. The molecular weight excluding hydrogens is 442 g/mol. The van der Waals surface area contributed by atoms with E-state index in [0.717, 1.165) is 48.6 Å². The quantitative estimate of drug-likeness (QED) is 0.398. The molecule has 5 rings (SSSR count). The number of aromatic amines is 1. The number of rotatable bonds is 7. The van der Waals surface area contributed by atoms with Gasteiger partial charge in [0.2, 0.25) is 0 Å². The number of hydrogen-bond donors (Lipinski definition) is 2. The second kappa shape index (κ2) is 9.57. The normalized spacial score (nSPS) is 15.7. The van der Waals surface area contributed by atoms with Crippen LogP contribution in [0.2, 0.25) is 0 Å². The summed E-state index contributed by atoms with van der Waals surface area (Å²) in [7, 11) is 1.63. The number of methoxy groups -OCH3 is 1. The molecule has 2 aromatic heterocycles. The average molecular weight is 470 g/mol. The molecule has 8 nitrogen and oxygen atoms in total. The number of H-pyrrole nitrogens is 1. The predicted molar refractivity (Wildman–Crippen MR) is 134 cm³/mol. The summed E-state index contributed by atoms with van der Waals surface area (Å²) in [4.78, 5) is 19.6. The van der Waals surface area contributed by atoms with Crippen LogP contribution in [-0.2, 0) is 0 Å². The zero-order chi connectivity index (χ0) is 24.4. The zero-order valence-electron chi connectivity index (χ0n) is 19.7. The van der Waals surface area contributed by atoms with E-state index in [-0.39, 0.29) is 0 Å². The molecule has 35 heavy (non-hydrogen) atoms. The first-order valence-electron chi connectivity index (χ1n) is 11.5. The fourth-order valence-electron chi connectivity index (χ4n) is 4.55. The van der Waals surface area contributed by atoms with Gasteiger partial charge in [-0.3, -0.25) is 14.8 Å². The molecule has 1 atom stereocenters. The summed E-state index contributed by atoms with van der Waals surface area (Å²) in [6.45, 7) is 4.53. The van der Waals surface area contributed by atoms with Gasteiger partial charge in [-0.1, -0.05) is 5.92 Å². The molecule has 8 heteroatoms. The van der Waals surface area contributed by atoms with E-state index >= 15 is 0 Å². The molecule has 1 aliphatic rings.